The Kier molecular flexibility index (Phi) is 5.79. The number of nitrogens with zero attached hydrogens (tertiary/aromatic N) is 2. The highest BCUT2D eigenvalue weighted by atomic mass is 79.9. The summed E-state index contributed by atoms with van der Waals surface area (Å²) in [7, 11) is 0. The van der Waals surface area contributed by atoms with E-state index < -0.39 is 12.0 Å². The molecule has 1 aromatic carbocycles. The van der Waals surface area contributed by atoms with Crippen LogP contribution < -0.4 is 24.4 Å². The van der Waals surface area contributed by atoms with Gasteiger partial charge in [-0.05, 0) is 69.5 Å². The van der Waals surface area contributed by atoms with E-state index in [4.69, 9.17) is 18.6 Å². The third kappa shape index (κ3) is 3.87. The van der Waals surface area contributed by atoms with Crippen molar-refractivity contribution in [3.63, 3.8) is 0 Å². The fourth-order valence-electron chi connectivity index (χ4n) is 3.75. The number of furan rings is 1. The Morgan fingerprint density at radius 1 is 1.30 bits per heavy atom. The molecular formula is C22H16Br2N2O6S. The van der Waals surface area contributed by atoms with E-state index in [1.165, 1.54) is 15.9 Å². The van der Waals surface area contributed by atoms with E-state index >= 15 is 0 Å². The monoisotopic (exact) mass is 594 g/mol. The SMILES string of the molecule is CCOC(=O)C1=C(C)N=c2s/c(=C/c3cc(Br)c(Br)o3)c(=O)n2[C@H]1c1ccc2c(c1)OCO2. The van der Waals surface area contributed by atoms with Gasteiger partial charge in [0.2, 0.25) is 6.79 Å². The molecule has 0 saturated heterocycles. The Morgan fingerprint density at radius 3 is 2.82 bits per heavy atom. The Hall–Kier alpha value is -2.63. The lowest BCUT2D eigenvalue weighted by Gasteiger charge is -2.24. The molecule has 8 nitrogen and oxygen atoms in total. The lowest BCUT2D eigenvalue weighted by molar-refractivity contribution is -0.139. The maximum absolute atomic E-state index is 13.5. The highest BCUT2D eigenvalue weighted by Gasteiger charge is 2.34. The van der Waals surface area contributed by atoms with Crippen molar-refractivity contribution in [2.75, 3.05) is 13.4 Å². The Balaban J connectivity index is 1.73. The second-order valence-corrected chi connectivity index (χ2v) is 9.77. The van der Waals surface area contributed by atoms with Crippen LogP contribution >= 0.6 is 43.2 Å². The number of aromatic nitrogens is 1. The number of carbonyl (C=O) groups excluding carboxylic acids is 1. The molecule has 2 aliphatic rings. The molecule has 0 fully saturated rings. The average molecular weight is 596 g/mol. The smallest absolute Gasteiger partial charge is 0.338 e. The molecule has 0 radical (unpaired) electrons. The number of carbonyl (C=O) groups is 1. The van der Waals surface area contributed by atoms with E-state index in [0.717, 1.165) is 4.47 Å². The van der Waals surface area contributed by atoms with Crippen LogP contribution in [0.5, 0.6) is 11.5 Å². The van der Waals surface area contributed by atoms with Crippen molar-refractivity contribution in [3.05, 3.63) is 75.7 Å². The van der Waals surface area contributed by atoms with Crippen molar-refractivity contribution in [1.29, 1.82) is 0 Å². The number of esters is 1. The van der Waals surface area contributed by atoms with E-state index in [1.54, 1.807) is 38.1 Å². The summed E-state index contributed by atoms with van der Waals surface area (Å²) < 4.78 is 25.1. The molecule has 11 heteroatoms. The van der Waals surface area contributed by atoms with Crippen LogP contribution in [-0.4, -0.2) is 23.9 Å². The first-order valence-electron chi connectivity index (χ1n) is 9.91. The van der Waals surface area contributed by atoms with E-state index in [1.807, 2.05) is 6.07 Å². The van der Waals surface area contributed by atoms with Gasteiger partial charge in [-0.15, -0.1) is 0 Å². The van der Waals surface area contributed by atoms with Crippen molar-refractivity contribution in [2.45, 2.75) is 19.9 Å². The first-order valence-corrected chi connectivity index (χ1v) is 12.3. The number of rotatable bonds is 4. The molecule has 4 heterocycles. The Bertz CT molecular complexity index is 1480. The summed E-state index contributed by atoms with van der Waals surface area (Å²) in [5.74, 6) is 1.14. The van der Waals surface area contributed by atoms with Gasteiger partial charge in [0, 0.05) is 6.08 Å². The van der Waals surface area contributed by atoms with Gasteiger partial charge in [-0.3, -0.25) is 9.36 Å². The molecule has 33 heavy (non-hydrogen) atoms. The van der Waals surface area contributed by atoms with Crippen molar-refractivity contribution >= 4 is 55.2 Å². The molecule has 0 unspecified atom stereocenters. The lowest BCUT2D eigenvalue weighted by Crippen LogP contribution is -2.39. The van der Waals surface area contributed by atoms with Gasteiger partial charge in [0.15, 0.2) is 21.0 Å². The second kappa shape index (κ2) is 8.62. The minimum absolute atomic E-state index is 0.120. The quantitative estimate of drug-likeness (QED) is 0.428. The maximum Gasteiger partial charge on any atom is 0.338 e. The summed E-state index contributed by atoms with van der Waals surface area (Å²) in [5.41, 5.74) is 1.19. The summed E-state index contributed by atoms with van der Waals surface area (Å²) in [6.07, 6.45) is 1.65. The van der Waals surface area contributed by atoms with Gasteiger partial charge in [0.05, 0.1) is 32.9 Å². The third-order valence-corrected chi connectivity index (χ3v) is 7.86. The van der Waals surface area contributed by atoms with Crippen molar-refractivity contribution in [1.82, 2.24) is 4.57 Å². The average Bonchev–Trinajstić information content (AvgIpc) is 3.45. The summed E-state index contributed by atoms with van der Waals surface area (Å²) in [5, 5.41) is 0. The van der Waals surface area contributed by atoms with Gasteiger partial charge in [-0.1, -0.05) is 17.4 Å². The predicted octanol–water partition coefficient (Wildman–Crippen LogP) is 3.65. The summed E-state index contributed by atoms with van der Waals surface area (Å²) in [6, 6.07) is 6.39. The molecule has 0 N–H and O–H groups in total. The van der Waals surface area contributed by atoms with E-state index in [9.17, 15) is 9.59 Å². The fraction of sp³-hybridized carbons (Fsp3) is 0.227. The maximum atomic E-state index is 13.5. The van der Waals surface area contributed by atoms with Crippen molar-refractivity contribution in [2.24, 2.45) is 4.99 Å². The standard InChI is InChI=1S/C22H16Br2N2O6S/c1-3-29-21(28)17-10(2)25-22-26(18(17)11-4-5-14-15(6-11)31-9-30-14)20(27)16(33-22)8-12-7-13(23)19(24)32-12/h4-8,18H,3,9H2,1-2H3/b16-8+/t18-/m0/s1. The molecule has 3 aromatic rings. The third-order valence-electron chi connectivity index (χ3n) is 5.17. The van der Waals surface area contributed by atoms with Crippen LogP contribution in [0.3, 0.4) is 0 Å². The van der Waals surface area contributed by atoms with Gasteiger partial charge in [-0.25, -0.2) is 9.79 Å². The zero-order valence-electron chi connectivity index (χ0n) is 17.4. The van der Waals surface area contributed by atoms with Gasteiger partial charge in [0.1, 0.15) is 5.76 Å². The second-order valence-electron chi connectivity index (χ2n) is 7.19. The fourth-order valence-corrected chi connectivity index (χ4v) is 5.39. The molecule has 170 valence electrons. The van der Waals surface area contributed by atoms with Gasteiger partial charge in [0.25, 0.3) is 5.56 Å². The molecule has 0 spiro atoms. The predicted molar refractivity (Wildman–Crippen MR) is 127 cm³/mol. The Labute approximate surface area is 208 Å². The summed E-state index contributed by atoms with van der Waals surface area (Å²) in [6.45, 7) is 3.80. The highest BCUT2D eigenvalue weighted by molar-refractivity contribution is 9.13. The number of ether oxygens (including phenoxy) is 3. The molecule has 1 atom stereocenters. The number of hydrogen-bond donors (Lipinski definition) is 0. The summed E-state index contributed by atoms with van der Waals surface area (Å²) >= 11 is 7.90. The van der Waals surface area contributed by atoms with Crippen LogP contribution in [0.15, 0.2) is 58.9 Å². The first-order chi connectivity index (χ1) is 15.9. The van der Waals surface area contributed by atoms with E-state index in [-0.39, 0.29) is 19.0 Å². The topological polar surface area (TPSA) is 92.3 Å². The van der Waals surface area contributed by atoms with Crippen LogP contribution in [0.4, 0.5) is 0 Å². The first kappa shape index (κ1) is 22.2. The molecule has 0 saturated carbocycles. The number of thiazole rings is 1. The van der Waals surface area contributed by atoms with E-state index in [2.05, 4.69) is 36.9 Å². The van der Waals surface area contributed by atoms with Gasteiger partial charge < -0.3 is 18.6 Å². The lowest BCUT2D eigenvalue weighted by atomic mass is 9.95. The number of allylic oxidation sites excluding steroid dienone is 1. The molecule has 0 amide bonds. The van der Waals surface area contributed by atoms with Crippen LogP contribution in [0, 0.1) is 0 Å². The number of hydrogen-bond acceptors (Lipinski definition) is 8. The van der Waals surface area contributed by atoms with Crippen LogP contribution in [0.25, 0.3) is 6.08 Å². The minimum Gasteiger partial charge on any atom is -0.463 e. The van der Waals surface area contributed by atoms with E-state index in [0.29, 0.717) is 48.1 Å². The largest absolute Gasteiger partial charge is 0.463 e. The molecule has 2 aliphatic heterocycles. The summed E-state index contributed by atoms with van der Waals surface area (Å²) in [4.78, 5) is 31.5. The minimum atomic E-state index is -0.730. The van der Waals surface area contributed by atoms with Crippen LogP contribution in [0.1, 0.15) is 31.2 Å². The van der Waals surface area contributed by atoms with Gasteiger partial charge >= 0.3 is 5.97 Å². The van der Waals surface area contributed by atoms with Crippen molar-refractivity contribution < 1.29 is 23.4 Å². The van der Waals surface area contributed by atoms with Gasteiger partial charge in [-0.2, -0.15) is 0 Å². The van der Waals surface area contributed by atoms with Crippen molar-refractivity contribution in [3.8, 4) is 11.5 Å². The molecule has 2 aromatic heterocycles. The number of fused-ring (bicyclic) bond motifs is 2. The normalized spacial score (nSPS) is 17.2. The number of halogens is 2. The zero-order chi connectivity index (χ0) is 23.3. The molecular weight excluding hydrogens is 580 g/mol. The highest BCUT2D eigenvalue weighted by Crippen LogP contribution is 2.38. The number of benzene rings is 1. The molecule has 0 aliphatic carbocycles. The molecule has 5 rings (SSSR count). The van der Waals surface area contributed by atoms with Crippen LogP contribution in [-0.2, 0) is 9.53 Å². The molecule has 0 bridgehead atoms. The zero-order valence-corrected chi connectivity index (χ0v) is 21.4. The van der Waals surface area contributed by atoms with Crippen LogP contribution in [0.2, 0.25) is 0 Å². The Morgan fingerprint density at radius 2 is 2.09 bits per heavy atom.